The maximum Gasteiger partial charge on any atom is 1.00 e. The number of hydrogen-bond acceptors (Lipinski definition) is 1. The molecule has 0 aromatic carbocycles. The molecular weight excluding hydrogens is 295 g/mol. The average Bonchev–Trinajstić information content (AvgIpc) is 2.79. The molecule has 0 bridgehead atoms. The minimum absolute atomic E-state index is 0. The number of rotatable bonds is 0. The van der Waals surface area contributed by atoms with E-state index in [0.717, 1.165) is 23.7 Å². The second-order valence-electron chi connectivity index (χ2n) is 8.61. The van der Waals surface area contributed by atoms with Crippen LogP contribution in [0, 0.1) is 29.1 Å². The zero-order chi connectivity index (χ0) is 13.9. The minimum atomic E-state index is 0. The molecule has 0 aliphatic heterocycles. The summed E-state index contributed by atoms with van der Waals surface area (Å²) in [5.41, 5.74) is 5.92. The Morgan fingerprint density at radius 2 is 1.91 bits per heavy atom. The van der Waals surface area contributed by atoms with Crippen LogP contribution in [0.1, 0.15) is 71.6 Å². The van der Waals surface area contributed by atoms with Crippen LogP contribution in [-0.2, 0) is 0 Å². The summed E-state index contributed by atoms with van der Waals surface area (Å²) in [7, 11) is 0. The van der Waals surface area contributed by atoms with E-state index in [1.807, 2.05) is 11.1 Å². The molecule has 1 N–H and O–H groups in total. The van der Waals surface area contributed by atoms with Gasteiger partial charge in [-0.1, -0.05) is 43.6 Å². The first-order chi connectivity index (χ1) is 9.58. The van der Waals surface area contributed by atoms with E-state index < -0.39 is 0 Å². The largest absolute Gasteiger partial charge is 1.00 e. The normalized spacial score (nSPS) is 43.5. The van der Waals surface area contributed by atoms with Crippen molar-refractivity contribution >= 4 is 0 Å². The molecule has 0 heterocycles. The molecule has 0 radical (unpaired) electrons. The van der Waals surface area contributed by atoms with Crippen molar-refractivity contribution < 1.29 is 56.9 Å². The molecule has 0 spiro atoms. The molecule has 118 valence electrons. The van der Waals surface area contributed by atoms with Crippen molar-refractivity contribution in [2.45, 2.75) is 71.6 Å². The molecular formula is C20H31KO. The molecule has 1 unspecified atom stereocenters. The third-order valence-corrected chi connectivity index (χ3v) is 7.45. The van der Waals surface area contributed by atoms with Gasteiger partial charge in [0, 0.05) is 0 Å². The maximum absolute atomic E-state index is 4.26. The smallest absolute Gasteiger partial charge is 0.870 e. The Morgan fingerprint density at radius 1 is 1.14 bits per heavy atom. The van der Waals surface area contributed by atoms with Crippen molar-refractivity contribution in [1.82, 2.24) is 0 Å². The van der Waals surface area contributed by atoms with E-state index in [-0.39, 0.29) is 56.9 Å². The molecule has 0 amide bonds. The van der Waals surface area contributed by atoms with Gasteiger partial charge in [0.15, 0.2) is 0 Å². The molecule has 4 aliphatic carbocycles. The van der Waals surface area contributed by atoms with Gasteiger partial charge in [-0.25, -0.2) is 0 Å². The topological polar surface area (TPSA) is 30.0 Å². The van der Waals surface area contributed by atoms with Gasteiger partial charge >= 0.3 is 51.4 Å². The van der Waals surface area contributed by atoms with Crippen molar-refractivity contribution in [3.8, 4) is 0 Å². The first kappa shape index (κ1) is 19.4. The number of hydrogen-bond donors (Lipinski definition) is 0. The quantitative estimate of drug-likeness (QED) is 0.497. The van der Waals surface area contributed by atoms with Crippen molar-refractivity contribution in [1.29, 1.82) is 0 Å². The van der Waals surface area contributed by atoms with Gasteiger partial charge in [0.1, 0.15) is 0 Å². The second kappa shape index (κ2) is 7.13. The molecule has 22 heavy (non-hydrogen) atoms. The Balaban J connectivity index is 0.000000882. The van der Waals surface area contributed by atoms with Crippen LogP contribution in [0.4, 0.5) is 0 Å². The Labute approximate surface area is 179 Å². The Bertz CT molecular complexity index is 480. The Kier molecular flexibility index (Phi) is 6.29. The van der Waals surface area contributed by atoms with E-state index in [4.69, 9.17) is 0 Å². The molecule has 2 heteroatoms. The van der Waals surface area contributed by atoms with E-state index in [2.05, 4.69) is 20.4 Å². The Morgan fingerprint density at radius 3 is 2.68 bits per heavy atom. The van der Waals surface area contributed by atoms with E-state index in [1.165, 1.54) is 63.4 Å². The molecule has 2 fully saturated rings. The van der Waals surface area contributed by atoms with Crippen molar-refractivity contribution in [3.63, 3.8) is 0 Å². The fourth-order valence-corrected chi connectivity index (χ4v) is 6.55. The maximum atomic E-state index is 4.26. The summed E-state index contributed by atoms with van der Waals surface area (Å²) in [5, 5.41) is 0. The molecule has 0 saturated heterocycles. The third-order valence-electron chi connectivity index (χ3n) is 7.45. The minimum Gasteiger partial charge on any atom is -0.870 e. The fraction of sp³-hybridized carbons (Fsp3) is 0.800. The number of allylic oxidation sites excluding steroid dienone is 3. The molecule has 4 rings (SSSR count). The van der Waals surface area contributed by atoms with Gasteiger partial charge < -0.3 is 5.48 Å². The molecule has 2 saturated carbocycles. The molecule has 0 aromatic heterocycles. The fourth-order valence-electron chi connectivity index (χ4n) is 6.55. The monoisotopic (exact) mass is 326 g/mol. The van der Waals surface area contributed by atoms with Crippen LogP contribution in [0.15, 0.2) is 23.3 Å². The van der Waals surface area contributed by atoms with Gasteiger partial charge in [-0.2, -0.15) is 0 Å². The van der Waals surface area contributed by atoms with Gasteiger partial charge in [0.05, 0.1) is 0 Å². The summed E-state index contributed by atoms with van der Waals surface area (Å²) in [5.74, 6) is 3.93. The van der Waals surface area contributed by atoms with Crippen LogP contribution < -0.4 is 51.4 Å². The first-order valence-electron chi connectivity index (χ1n) is 8.96. The predicted molar refractivity (Wildman–Crippen MR) is 87.4 cm³/mol. The van der Waals surface area contributed by atoms with E-state index in [9.17, 15) is 0 Å². The number of fused-ring (bicyclic) bond motifs is 4. The van der Waals surface area contributed by atoms with Gasteiger partial charge in [-0.05, 0) is 80.5 Å². The summed E-state index contributed by atoms with van der Waals surface area (Å²) >= 11 is 0. The van der Waals surface area contributed by atoms with Crippen molar-refractivity contribution in [3.05, 3.63) is 23.3 Å². The van der Waals surface area contributed by atoms with Crippen molar-refractivity contribution in [2.24, 2.45) is 29.1 Å². The summed E-state index contributed by atoms with van der Waals surface area (Å²) < 4.78 is 0. The summed E-state index contributed by atoms with van der Waals surface area (Å²) in [4.78, 5) is 0. The van der Waals surface area contributed by atoms with Crippen LogP contribution in [0.2, 0.25) is 0 Å². The van der Waals surface area contributed by atoms with E-state index in [0.29, 0.717) is 5.41 Å². The Hall–Kier alpha value is 1.08. The summed E-state index contributed by atoms with van der Waals surface area (Å²) in [6, 6.07) is 0. The van der Waals surface area contributed by atoms with Crippen LogP contribution in [0.3, 0.4) is 0 Å². The second-order valence-corrected chi connectivity index (χ2v) is 8.61. The SMILES string of the molecule is C=C1CCC2=C(C1)C[C@@H](C)[C@@H]1C3CCC[C@@]3(C)CC[C@@H]21.[K+].[OH-]. The van der Waals surface area contributed by atoms with Crippen LogP contribution in [-0.4, -0.2) is 5.48 Å². The first-order valence-corrected chi connectivity index (χ1v) is 8.96. The third kappa shape index (κ3) is 3.02. The molecule has 5 atom stereocenters. The van der Waals surface area contributed by atoms with Crippen LogP contribution >= 0.6 is 0 Å². The molecule has 0 aromatic rings. The summed E-state index contributed by atoms with van der Waals surface area (Å²) in [6.45, 7) is 9.43. The van der Waals surface area contributed by atoms with Gasteiger partial charge in [0.25, 0.3) is 0 Å². The molecule has 4 aliphatic rings. The van der Waals surface area contributed by atoms with Gasteiger partial charge in [-0.15, -0.1) is 0 Å². The van der Waals surface area contributed by atoms with Gasteiger partial charge in [-0.3, -0.25) is 0 Å². The standard InChI is InChI=1S/C20H30.K.H2O/c1-13-6-7-16-15(11-13)12-14(2)19-17(16)8-10-20(3)9-4-5-18(19)20;;/h14,17-19H,1,4-12H2,2-3H3;;1H2/q;+1;/p-1/t14-,17+,18?,19+,20+;;/m1../s1. The predicted octanol–water partition coefficient (Wildman–Crippen LogP) is 2.72. The average molecular weight is 327 g/mol. The zero-order valence-electron chi connectivity index (χ0n) is 14.8. The van der Waals surface area contributed by atoms with Crippen LogP contribution in [0.5, 0.6) is 0 Å². The molecule has 1 nitrogen and oxygen atoms in total. The van der Waals surface area contributed by atoms with Gasteiger partial charge in [0.2, 0.25) is 0 Å². The summed E-state index contributed by atoms with van der Waals surface area (Å²) in [6.07, 6.45) is 12.8. The van der Waals surface area contributed by atoms with Crippen LogP contribution in [0.25, 0.3) is 0 Å². The van der Waals surface area contributed by atoms with E-state index in [1.54, 1.807) is 0 Å². The van der Waals surface area contributed by atoms with E-state index >= 15 is 0 Å². The van der Waals surface area contributed by atoms with Crippen molar-refractivity contribution in [2.75, 3.05) is 0 Å². The zero-order valence-corrected chi connectivity index (χ0v) is 18.0.